The highest BCUT2D eigenvalue weighted by Gasteiger charge is 2.21. The molecule has 2 aromatic rings. The van der Waals surface area contributed by atoms with Crippen LogP contribution in [0.1, 0.15) is 11.1 Å². The fraction of sp³-hybridized carbons (Fsp3) is 0.176. The Bertz CT molecular complexity index is 858. The van der Waals surface area contributed by atoms with Gasteiger partial charge in [0.05, 0.1) is 23.6 Å². The average molecular weight is 343 g/mol. The molecule has 7 heteroatoms. The lowest BCUT2D eigenvalue weighted by atomic mass is 10.2. The third-order valence-corrected chi connectivity index (χ3v) is 4.42. The van der Waals surface area contributed by atoms with E-state index in [0.29, 0.717) is 12.1 Å². The van der Waals surface area contributed by atoms with Gasteiger partial charge in [-0.3, -0.25) is 9.10 Å². The van der Waals surface area contributed by atoms with E-state index >= 15 is 0 Å². The predicted octanol–water partition coefficient (Wildman–Crippen LogP) is 1.64. The quantitative estimate of drug-likeness (QED) is 0.863. The van der Waals surface area contributed by atoms with Crippen molar-refractivity contribution in [2.45, 2.75) is 6.54 Å². The minimum absolute atomic E-state index is 0.284. The number of nitrogens with one attached hydrogen (secondary N) is 1. The normalized spacial score (nSPS) is 10.7. The second-order valence-corrected chi connectivity index (χ2v) is 7.10. The van der Waals surface area contributed by atoms with Gasteiger partial charge in [-0.25, -0.2) is 8.42 Å². The predicted molar refractivity (Wildman–Crippen MR) is 91.6 cm³/mol. The largest absolute Gasteiger partial charge is 0.350 e. The number of nitrogens with zero attached hydrogens (tertiary/aromatic N) is 2. The van der Waals surface area contributed by atoms with Crippen LogP contribution in [0, 0.1) is 11.3 Å². The maximum atomic E-state index is 12.1. The van der Waals surface area contributed by atoms with E-state index < -0.39 is 15.9 Å². The van der Waals surface area contributed by atoms with Crippen LogP contribution in [0.5, 0.6) is 0 Å². The minimum atomic E-state index is -3.66. The van der Waals surface area contributed by atoms with E-state index in [9.17, 15) is 13.2 Å². The Morgan fingerprint density at radius 3 is 2.50 bits per heavy atom. The van der Waals surface area contributed by atoms with Crippen molar-refractivity contribution in [1.29, 1.82) is 5.26 Å². The summed E-state index contributed by atoms with van der Waals surface area (Å²) in [7, 11) is -3.66. The van der Waals surface area contributed by atoms with Crippen molar-refractivity contribution in [2.24, 2.45) is 0 Å². The van der Waals surface area contributed by atoms with Gasteiger partial charge in [-0.1, -0.05) is 36.4 Å². The molecule has 0 fully saturated rings. The minimum Gasteiger partial charge on any atom is -0.350 e. The van der Waals surface area contributed by atoms with Crippen LogP contribution in [-0.4, -0.2) is 27.1 Å². The van der Waals surface area contributed by atoms with Crippen molar-refractivity contribution >= 4 is 21.6 Å². The maximum Gasteiger partial charge on any atom is 0.241 e. The Morgan fingerprint density at radius 1 is 1.17 bits per heavy atom. The Hall–Kier alpha value is -2.85. The van der Waals surface area contributed by atoms with Crippen LogP contribution in [0.3, 0.4) is 0 Å². The van der Waals surface area contributed by atoms with Crippen molar-refractivity contribution < 1.29 is 13.2 Å². The summed E-state index contributed by atoms with van der Waals surface area (Å²) in [5.74, 6) is -0.424. The number of nitriles is 1. The molecule has 1 amide bonds. The van der Waals surface area contributed by atoms with E-state index in [1.807, 2.05) is 36.4 Å². The van der Waals surface area contributed by atoms with E-state index in [1.54, 1.807) is 18.2 Å². The molecule has 0 aromatic heterocycles. The fourth-order valence-corrected chi connectivity index (χ4v) is 2.96. The van der Waals surface area contributed by atoms with Crippen LogP contribution in [0.4, 0.5) is 5.69 Å². The first kappa shape index (κ1) is 17.5. The summed E-state index contributed by atoms with van der Waals surface area (Å²) in [5.41, 5.74) is 1.53. The van der Waals surface area contributed by atoms with E-state index in [0.717, 1.165) is 16.1 Å². The smallest absolute Gasteiger partial charge is 0.241 e. The molecule has 2 aromatic carbocycles. The zero-order valence-electron chi connectivity index (χ0n) is 13.1. The van der Waals surface area contributed by atoms with E-state index in [1.165, 1.54) is 6.07 Å². The summed E-state index contributed by atoms with van der Waals surface area (Å²) in [4.78, 5) is 12.1. The highest BCUT2D eigenvalue weighted by Crippen LogP contribution is 2.18. The Kier molecular flexibility index (Phi) is 5.55. The van der Waals surface area contributed by atoms with Gasteiger partial charge in [-0.15, -0.1) is 0 Å². The van der Waals surface area contributed by atoms with Crippen molar-refractivity contribution in [2.75, 3.05) is 17.1 Å². The first-order chi connectivity index (χ1) is 11.4. The van der Waals surface area contributed by atoms with Gasteiger partial charge < -0.3 is 5.32 Å². The lowest BCUT2D eigenvalue weighted by Crippen LogP contribution is -2.40. The molecular weight excluding hydrogens is 326 g/mol. The Morgan fingerprint density at radius 2 is 1.88 bits per heavy atom. The molecule has 0 aliphatic heterocycles. The Labute approximate surface area is 141 Å². The molecule has 0 aliphatic carbocycles. The van der Waals surface area contributed by atoms with Crippen molar-refractivity contribution in [3.63, 3.8) is 0 Å². The maximum absolute atomic E-state index is 12.1. The second kappa shape index (κ2) is 7.62. The molecule has 1 N–H and O–H groups in total. The second-order valence-electron chi connectivity index (χ2n) is 5.19. The molecule has 24 heavy (non-hydrogen) atoms. The highest BCUT2D eigenvalue weighted by atomic mass is 32.2. The lowest BCUT2D eigenvalue weighted by molar-refractivity contribution is -0.119. The number of carbonyl (C=O) groups excluding carboxylic acids is 1. The zero-order valence-corrected chi connectivity index (χ0v) is 14.0. The summed E-state index contributed by atoms with van der Waals surface area (Å²) in [6.45, 7) is -0.0317. The molecule has 0 radical (unpaired) electrons. The molecule has 6 nitrogen and oxygen atoms in total. The van der Waals surface area contributed by atoms with Crippen LogP contribution < -0.4 is 9.62 Å². The van der Waals surface area contributed by atoms with Gasteiger partial charge >= 0.3 is 0 Å². The molecule has 0 unspecified atom stereocenters. The fourth-order valence-electron chi connectivity index (χ4n) is 2.11. The molecule has 124 valence electrons. The molecule has 0 aliphatic rings. The first-order valence-electron chi connectivity index (χ1n) is 7.18. The molecule has 0 saturated carbocycles. The Balaban J connectivity index is 2.12. The van der Waals surface area contributed by atoms with Gasteiger partial charge in [-0.2, -0.15) is 5.26 Å². The first-order valence-corrected chi connectivity index (χ1v) is 9.03. The zero-order chi connectivity index (χ0) is 17.6. The van der Waals surface area contributed by atoms with Crippen LogP contribution >= 0.6 is 0 Å². The SMILES string of the molecule is CS(=O)(=O)N(CC(=O)NCc1ccccc1)c1cccc(C#N)c1. The van der Waals surface area contributed by atoms with Crippen molar-refractivity contribution in [1.82, 2.24) is 5.32 Å². The van der Waals surface area contributed by atoms with Crippen molar-refractivity contribution in [3.8, 4) is 6.07 Å². The highest BCUT2D eigenvalue weighted by molar-refractivity contribution is 7.92. The third kappa shape index (κ3) is 4.83. The van der Waals surface area contributed by atoms with Gasteiger partial charge in [0.1, 0.15) is 6.54 Å². The number of sulfonamides is 1. The number of benzene rings is 2. The van der Waals surface area contributed by atoms with Crippen LogP contribution in [-0.2, 0) is 21.4 Å². The van der Waals surface area contributed by atoms with Gasteiger partial charge in [0.2, 0.25) is 15.9 Å². The van der Waals surface area contributed by atoms with E-state index in [4.69, 9.17) is 5.26 Å². The van der Waals surface area contributed by atoms with Crippen LogP contribution in [0.2, 0.25) is 0 Å². The molecule has 2 rings (SSSR count). The molecule has 0 bridgehead atoms. The number of hydrogen-bond donors (Lipinski definition) is 1. The summed E-state index contributed by atoms with van der Waals surface area (Å²) >= 11 is 0. The summed E-state index contributed by atoms with van der Waals surface area (Å²) in [6.07, 6.45) is 1.02. The van der Waals surface area contributed by atoms with E-state index in [2.05, 4.69) is 5.32 Å². The van der Waals surface area contributed by atoms with Gasteiger partial charge in [0.15, 0.2) is 0 Å². The molecule has 0 saturated heterocycles. The molecule has 0 atom stereocenters. The standard InChI is InChI=1S/C17H17N3O3S/c1-24(22,23)20(16-9-5-8-15(10-16)11-18)13-17(21)19-12-14-6-3-2-4-7-14/h2-10H,12-13H2,1H3,(H,19,21). The number of amides is 1. The van der Waals surface area contributed by atoms with Gasteiger partial charge in [0.25, 0.3) is 0 Å². The number of hydrogen-bond acceptors (Lipinski definition) is 4. The number of carbonyl (C=O) groups is 1. The third-order valence-electron chi connectivity index (χ3n) is 3.28. The van der Waals surface area contributed by atoms with Gasteiger partial charge in [-0.05, 0) is 23.8 Å². The number of anilines is 1. The van der Waals surface area contributed by atoms with Crippen LogP contribution in [0.25, 0.3) is 0 Å². The van der Waals surface area contributed by atoms with Crippen molar-refractivity contribution in [3.05, 3.63) is 65.7 Å². The summed E-state index contributed by atoms with van der Waals surface area (Å²) < 4.78 is 25.0. The van der Waals surface area contributed by atoms with Gasteiger partial charge in [0, 0.05) is 6.54 Å². The summed E-state index contributed by atoms with van der Waals surface area (Å²) in [6, 6.07) is 17.4. The molecule has 0 heterocycles. The summed E-state index contributed by atoms with van der Waals surface area (Å²) in [5, 5.41) is 11.6. The van der Waals surface area contributed by atoms with E-state index in [-0.39, 0.29) is 12.2 Å². The molecule has 0 spiro atoms. The number of rotatable bonds is 6. The topological polar surface area (TPSA) is 90.3 Å². The lowest BCUT2D eigenvalue weighted by Gasteiger charge is -2.22. The molecular formula is C17H17N3O3S. The monoisotopic (exact) mass is 343 g/mol. The van der Waals surface area contributed by atoms with Crippen LogP contribution in [0.15, 0.2) is 54.6 Å². The average Bonchev–Trinajstić information content (AvgIpc) is 2.58.